The minimum absolute atomic E-state index is 0.139. The number of ether oxygens (including phenoxy) is 2. The van der Waals surface area contributed by atoms with Crippen LogP contribution in [0.1, 0.15) is 30.9 Å². The number of rotatable bonds is 3. The molecule has 1 unspecified atom stereocenters. The van der Waals surface area contributed by atoms with E-state index in [0.717, 1.165) is 29.4 Å². The fraction of sp³-hybridized carbons (Fsp3) is 0.455. The van der Waals surface area contributed by atoms with Crippen LogP contribution in [0.5, 0.6) is 11.5 Å². The van der Waals surface area contributed by atoms with Gasteiger partial charge in [-0.1, -0.05) is 6.07 Å². The van der Waals surface area contributed by atoms with Crippen molar-refractivity contribution >= 4 is 17.1 Å². The average molecular weight is 439 g/mol. The first-order valence-electron chi connectivity index (χ1n) is 10.8. The predicted octanol–water partition coefficient (Wildman–Crippen LogP) is 0.959. The fourth-order valence-electron chi connectivity index (χ4n) is 4.56. The third-order valence-corrected chi connectivity index (χ3v) is 6.22. The van der Waals surface area contributed by atoms with Crippen LogP contribution in [-0.2, 0) is 25.4 Å². The first-order chi connectivity index (χ1) is 15.5. The van der Waals surface area contributed by atoms with Crippen molar-refractivity contribution in [3.63, 3.8) is 0 Å². The van der Waals surface area contributed by atoms with E-state index in [2.05, 4.69) is 4.98 Å². The lowest BCUT2D eigenvalue weighted by Gasteiger charge is -2.26. The van der Waals surface area contributed by atoms with Crippen molar-refractivity contribution in [1.29, 1.82) is 0 Å². The number of carbonyl (C=O) groups excluding carboxylic acids is 1. The summed E-state index contributed by atoms with van der Waals surface area (Å²) in [6, 6.07) is 5.63. The summed E-state index contributed by atoms with van der Waals surface area (Å²) in [5.74, 6) is 1.13. The van der Waals surface area contributed by atoms with Crippen molar-refractivity contribution in [2.75, 3.05) is 19.8 Å². The maximum absolute atomic E-state index is 13.3. The molecule has 2 aliphatic heterocycles. The number of fused-ring (bicyclic) bond motifs is 2. The number of nitrogens with zero attached hydrogens (tertiary/aromatic N) is 5. The van der Waals surface area contributed by atoms with E-state index in [-0.39, 0.29) is 18.5 Å². The Balaban J connectivity index is 1.45. The van der Waals surface area contributed by atoms with Crippen LogP contribution in [0.15, 0.2) is 34.1 Å². The number of carbonyl (C=O) groups is 1. The SMILES string of the molecule is Cn1cnc2c1c(=O)n(CC(=O)N1CCCC1c1ccc3c(c1)OCCCO3)c(=O)n2C. The third kappa shape index (κ3) is 3.26. The molecule has 0 bridgehead atoms. The quantitative estimate of drug-likeness (QED) is 0.603. The Morgan fingerprint density at radius 3 is 2.72 bits per heavy atom. The fourth-order valence-corrected chi connectivity index (χ4v) is 4.56. The lowest BCUT2D eigenvalue weighted by molar-refractivity contribution is -0.132. The summed E-state index contributed by atoms with van der Waals surface area (Å²) in [7, 11) is 3.24. The zero-order valence-corrected chi connectivity index (χ0v) is 18.1. The smallest absolute Gasteiger partial charge is 0.332 e. The number of amides is 1. The van der Waals surface area contributed by atoms with Crippen molar-refractivity contribution in [2.24, 2.45) is 14.1 Å². The maximum atomic E-state index is 13.3. The molecular formula is C22H25N5O5. The second-order valence-electron chi connectivity index (χ2n) is 8.26. The topological polar surface area (TPSA) is 101 Å². The van der Waals surface area contributed by atoms with Gasteiger partial charge in [0.25, 0.3) is 5.56 Å². The number of likely N-dealkylation sites (tertiary alicyclic amines) is 1. The Hall–Kier alpha value is -3.56. The molecule has 0 aliphatic carbocycles. The molecule has 2 aromatic heterocycles. The van der Waals surface area contributed by atoms with Crippen molar-refractivity contribution in [3.05, 3.63) is 50.9 Å². The van der Waals surface area contributed by atoms with E-state index in [4.69, 9.17) is 9.47 Å². The molecule has 10 nitrogen and oxygen atoms in total. The second kappa shape index (κ2) is 7.85. The molecule has 1 atom stereocenters. The van der Waals surface area contributed by atoms with Gasteiger partial charge in [-0.3, -0.25) is 14.2 Å². The Bertz CT molecular complexity index is 1320. The van der Waals surface area contributed by atoms with E-state index >= 15 is 0 Å². The normalized spacial score (nSPS) is 18.2. The van der Waals surface area contributed by atoms with Gasteiger partial charge in [0.2, 0.25) is 5.91 Å². The van der Waals surface area contributed by atoms with Gasteiger partial charge in [0, 0.05) is 27.1 Å². The minimum Gasteiger partial charge on any atom is -0.490 e. The number of hydrogen-bond acceptors (Lipinski definition) is 6. The highest BCUT2D eigenvalue weighted by atomic mass is 16.5. The summed E-state index contributed by atoms with van der Waals surface area (Å²) in [4.78, 5) is 44.9. The summed E-state index contributed by atoms with van der Waals surface area (Å²) in [6.45, 7) is 1.46. The van der Waals surface area contributed by atoms with E-state index < -0.39 is 11.2 Å². The van der Waals surface area contributed by atoms with Gasteiger partial charge in [-0.2, -0.15) is 0 Å². The van der Waals surface area contributed by atoms with Crippen LogP contribution in [0.3, 0.4) is 0 Å². The standard InChI is InChI=1S/C22H25N5O5/c1-24-13-23-20-19(24)21(29)27(22(30)25(20)2)12-18(28)26-8-3-5-15(26)14-6-7-16-17(11-14)32-10-4-9-31-16/h6-7,11,13,15H,3-5,8-10,12H2,1-2H3. The van der Waals surface area contributed by atoms with Gasteiger partial charge >= 0.3 is 5.69 Å². The highest BCUT2D eigenvalue weighted by Gasteiger charge is 2.31. The molecule has 168 valence electrons. The molecule has 1 saturated heterocycles. The largest absolute Gasteiger partial charge is 0.490 e. The molecule has 1 fully saturated rings. The molecule has 0 N–H and O–H groups in total. The second-order valence-corrected chi connectivity index (χ2v) is 8.26. The van der Waals surface area contributed by atoms with E-state index in [1.54, 1.807) is 23.6 Å². The molecule has 10 heteroatoms. The van der Waals surface area contributed by atoms with Gasteiger partial charge in [-0.25, -0.2) is 14.3 Å². The molecule has 32 heavy (non-hydrogen) atoms. The van der Waals surface area contributed by atoms with Gasteiger partial charge in [0.05, 0.1) is 25.6 Å². The molecule has 3 aromatic rings. The molecule has 1 aromatic carbocycles. The predicted molar refractivity (Wildman–Crippen MR) is 116 cm³/mol. The summed E-state index contributed by atoms with van der Waals surface area (Å²) in [5.41, 5.74) is 0.490. The Morgan fingerprint density at radius 1 is 1.12 bits per heavy atom. The third-order valence-electron chi connectivity index (χ3n) is 6.22. The first kappa shape index (κ1) is 20.3. The van der Waals surface area contributed by atoms with Gasteiger partial charge in [-0.05, 0) is 30.5 Å². The zero-order valence-electron chi connectivity index (χ0n) is 18.1. The van der Waals surface area contributed by atoms with E-state index in [0.29, 0.717) is 42.4 Å². The minimum atomic E-state index is -0.555. The van der Waals surface area contributed by atoms with Crippen molar-refractivity contribution < 1.29 is 14.3 Å². The zero-order chi connectivity index (χ0) is 22.4. The van der Waals surface area contributed by atoms with Crippen LogP contribution in [0, 0.1) is 0 Å². The van der Waals surface area contributed by atoms with E-state index in [1.807, 2.05) is 18.2 Å². The van der Waals surface area contributed by atoms with Gasteiger partial charge < -0.3 is 18.9 Å². The molecule has 0 saturated carbocycles. The van der Waals surface area contributed by atoms with Crippen molar-refractivity contribution in [3.8, 4) is 11.5 Å². The lowest BCUT2D eigenvalue weighted by Crippen LogP contribution is -2.44. The van der Waals surface area contributed by atoms with Crippen LogP contribution in [0.25, 0.3) is 11.2 Å². The monoisotopic (exact) mass is 439 g/mol. The number of aromatic nitrogens is 4. The Morgan fingerprint density at radius 2 is 1.91 bits per heavy atom. The van der Waals surface area contributed by atoms with Crippen LogP contribution in [0.4, 0.5) is 0 Å². The van der Waals surface area contributed by atoms with Gasteiger partial charge in [0.1, 0.15) is 6.54 Å². The van der Waals surface area contributed by atoms with Gasteiger partial charge in [0.15, 0.2) is 22.7 Å². The summed E-state index contributed by atoms with van der Waals surface area (Å²) >= 11 is 0. The van der Waals surface area contributed by atoms with E-state index in [9.17, 15) is 14.4 Å². The van der Waals surface area contributed by atoms with Gasteiger partial charge in [-0.15, -0.1) is 0 Å². The van der Waals surface area contributed by atoms with Crippen LogP contribution in [0.2, 0.25) is 0 Å². The van der Waals surface area contributed by atoms with Crippen LogP contribution >= 0.6 is 0 Å². The maximum Gasteiger partial charge on any atom is 0.332 e. The summed E-state index contributed by atoms with van der Waals surface area (Å²) in [5, 5.41) is 0. The van der Waals surface area contributed by atoms with Crippen LogP contribution < -0.4 is 20.7 Å². The van der Waals surface area contributed by atoms with E-state index in [1.165, 1.54) is 10.9 Å². The molecular weight excluding hydrogens is 414 g/mol. The Kier molecular flexibility index (Phi) is 4.99. The number of benzene rings is 1. The number of aryl methyl sites for hydroxylation is 2. The molecule has 0 spiro atoms. The lowest BCUT2D eigenvalue weighted by atomic mass is 10.0. The van der Waals surface area contributed by atoms with Crippen molar-refractivity contribution in [2.45, 2.75) is 31.8 Å². The number of hydrogen-bond donors (Lipinski definition) is 0. The number of imidazole rings is 1. The highest BCUT2D eigenvalue weighted by molar-refractivity contribution is 5.77. The summed E-state index contributed by atoms with van der Waals surface area (Å²) in [6.07, 6.45) is 3.96. The van der Waals surface area contributed by atoms with Crippen molar-refractivity contribution in [1.82, 2.24) is 23.6 Å². The Labute approximate surface area is 183 Å². The van der Waals surface area contributed by atoms with Crippen LogP contribution in [-0.4, -0.2) is 49.3 Å². The first-order valence-corrected chi connectivity index (χ1v) is 10.8. The average Bonchev–Trinajstić information content (AvgIpc) is 3.36. The summed E-state index contributed by atoms with van der Waals surface area (Å²) < 4.78 is 15.4. The highest BCUT2D eigenvalue weighted by Crippen LogP contribution is 2.38. The molecule has 2 aliphatic rings. The molecule has 5 rings (SSSR count). The molecule has 0 radical (unpaired) electrons. The molecule has 1 amide bonds. The molecule has 4 heterocycles.